The van der Waals surface area contributed by atoms with Gasteiger partial charge in [-0.25, -0.2) is 4.98 Å². The van der Waals surface area contributed by atoms with Crippen molar-refractivity contribution in [1.82, 2.24) is 14.8 Å². The van der Waals surface area contributed by atoms with Gasteiger partial charge in [-0.1, -0.05) is 18.2 Å². The zero-order valence-electron chi connectivity index (χ0n) is 18.0. The van der Waals surface area contributed by atoms with Crippen LogP contribution in [0.2, 0.25) is 0 Å². The third-order valence-electron chi connectivity index (χ3n) is 5.47. The van der Waals surface area contributed by atoms with Crippen LogP contribution in [0.3, 0.4) is 0 Å². The Morgan fingerprint density at radius 3 is 2.47 bits per heavy atom. The minimum Gasteiger partial charge on any atom is -0.378 e. The van der Waals surface area contributed by atoms with Gasteiger partial charge >= 0.3 is 0 Å². The first-order chi connectivity index (χ1) is 15.7. The van der Waals surface area contributed by atoms with E-state index in [0.29, 0.717) is 0 Å². The lowest BCUT2D eigenvalue weighted by atomic mass is 10.1. The molecule has 3 heterocycles. The molecule has 2 aromatic carbocycles. The van der Waals surface area contributed by atoms with Crippen LogP contribution in [0, 0.1) is 0 Å². The molecule has 2 aromatic heterocycles. The molecule has 0 unspecified atom stereocenters. The number of anilines is 5. The van der Waals surface area contributed by atoms with Crippen LogP contribution in [0.25, 0.3) is 11.3 Å². The zero-order valence-corrected chi connectivity index (χ0v) is 18.0. The van der Waals surface area contributed by atoms with Crippen molar-refractivity contribution in [1.29, 1.82) is 0 Å². The van der Waals surface area contributed by atoms with Crippen LogP contribution in [0.15, 0.2) is 79.1 Å². The summed E-state index contributed by atoms with van der Waals surface area (Å²) in [7, 11) is 1.92. The summed E-state index contributed by atoms with van der Waals surface area (Å²) in [5.41, 5.74) is 6.16. The smallest absolute Gasteiger partial charge is 0.132 e. The summed E-state index contributed by atoms with van der Waals surface area (Å²) in [5.74, 6) is 0.782. The molecule has 5 rings (SSSR count). The van der Waals surface area contributed by atoms with Gasteiger partial charge < -0.3 is 20.3 Å². The van der Waals surface area contributed by atoms with Crippen molar-refractivity contribution >= 4 is 28.6 Å². The number of hydrogen-bond acceptors (Lipinski definition) is 6. The summed E-state index contributed by atoms with van der Waals surface area (Å²) in [6, 6.07) is 22.6. The SMILES string of the molecule is Cn1ccc(-c2ccccc2Nc2ccnc(Nc3ccc(N4CCOCC4)cc3)c2)n1. The van der Waals surface area contributed by atoms with Gasteiger partial charge in [0, 0.05) is 66.9 Å². The van der Waals surface area contributed by atoms with E-state index in [1.165, 1.54) is 5.69 Å². The highest BCUT2D eigenvalue weighted by Crippen LogP contribution is 2.30. The fourth-order valence-electron chi connectivity index (χ4n) is 3.83. The number of pyridine rings is 1. The van der Waals surface area contributed by atoms with Crippen LogP contribution < -0.4 is 15.5 Å². The van der Waals surface area contributed by atoms with E-state index in [2.05, 4.69) is 62.0 Å². The molecule has 1 fully saturated rings. The second-order valence-corrected chi connectivity index (χ2v) is 7.75. The first-order valence-corrected chi connectivity index (χ1v) is 10.8. The Kier molecular flexibility index (Phi) is 5.72. The Morgan fingerprint density at radius 2 is 1.69 bits per heavy atom. The molecule has 32 heavy (non-hydrogen) atoms. The third kappa shape index (κ3) is 4.58. The van der Waals surface area contributed by atoms with Crippen molar-refractivity contribution < 1.29 is 4.74 Å². The summed E-state index contributed by atoms with van der Waals surface area (Å²) in [6.45, 7) is 3.43. The Morgan fingerprint density at radius 1 is 0.875 bits per heavy atom. The minimum absolute atomic E-state index is 0.782. The van der Waals surface area contributed by atoms with Crippen LogP contribution in [0.4, 0.5) is 28.6 Å². The highest BCUT2D eigenvalue weighted by molar-refractivity contribution is 5.79. The van der Waals surface area contributed by atoms with E-state index in [-0.39, 0.29) is 0 Å². The molecule has 2 N–H and O–H groups in total. The molecular formula is C25H26N6O. The summed E-state index contributed by atoms with van der Waals surface area (Å²) >= 11 is 0. The van der Waals surface area contributed by atoms with Crippen LogP contribution >= 0.6 is 0 Å². The molecule has 0 bridgehead atoms. The van der Waals surface area contributed by atoms with E-state index in [4.69, 9.17) is 4.74 Å². The van der Waals surface area contributed by atoms with Crippen LogP contribution in [0.5, 0.6) is 0 Å². The monoisotopic (exact) mass is 426 g/mol. The van der Waals surface area contributed by atoms with Gasteiger partial charge in [-0.3, -0.25) is 4.68 Å². The lowest BCUT2D eigenvalue weighted by molar-refractivity contribution is 0.122. The molecule has 0 atom stereocenters. The van der Waals surface area contributed by atoms with Crippen molar-refractivity contribution in [2.24, 2.45) is 7.05 Å². The average molecular weight is 427 g/mol. The van der Waals surface area contributed by atoms with Gasteiger partial charge in [0.05, 0.1) is 18.9 Å². The molecule has 0 saturated carbocycles. The number of ether oxygens (including phenoxy) is 1. The van der Waals surface area contributed by atoms with Crippen LogP contribution in [-0.4, -0.2) is 41.1 Å². The lowest BCUT2D eigenvalue weighted by Gasteiger charge is -2.28. The van der Waals surface area contributed by atoms with Crippen LogP contribution in [0.1, 0.15) is 0 Å². The fourth-order valence-corrected chi connectivity index (χ4v) is 3.83. The summed E-state index contributed by atoms with van der Waals surface area (Å²) in [6.07, 6.45) is 3.75. The van der Waals surface area contributed by atoms with Gasteiger partial charge in [-0.2, -0.15) is 5.10 Å². The van der Waals surface area contributed by atoms with Gasteiger partial charge in [-0.05, 0) is 42.5 Å². The van der Waals surface area contributed by atoms with E-state index in [1.54, 1.807) is 6.20 Å². The molecule has 0 radical (unpaired) electrons. The molecule has 0 amide bonds. The number of para-hydroxylation sites is 1. The number of nitrogens with one attached hydrogen (secondary N) is 2. The average Bonchev–Trinajstić information content (AvgIpc) is 3.27. The first kappa shape index (κ1) is 20.1. The van der Waals surface area contributed by atoms with Crippen molar-refractivity contribution in [3.63, 3.8) is 0 Å². The van der Waals surface area contributed by atoms with E-state index in [9.17, 15) is 0 Å². The molecule has 0 spiro atoms. The number of aromatic nitrogens is 3. The Balaban J connectivity index is 1.30. The molecule has 0 aliphatic carbocycles. The maximum Gasteiger partial charge on any atom is 0.132 e. The maximum absolute atomic E-state index is 5.44. The quantitative estimate of drug-likeness (QED) is 0.461. The fraction of sp³-hybridized carbons (Fsp3) is 0.200. The van der Waals surface area contributed by atoms with Crippen LogP contribution in [-0.2, 0) is 11.8 Å². The second kappa shape index (κ2) is 9.11. The number of aryl methyl sites for hydroxylation is 1. The minimum atomic E-state index is 0.782. The largest absolute Gasteiger partial charge is 0.378 e. The van der Waals surface area contributed by atoms with E-state index >= 15 is 0 Å². The number of hydrogen-bond donors (Lipinski definition) is 2. The molecule has 162 valence electrons. The Labute approximate surface area is 187 Å². The number of nitrogens with zero attached hydrogens (tertiary/aromatic N) is 4. The number of rotatable bonds is 6. The maximum atomic E-state index is 5.44. The molecule has 1 aliphatic rings. The van der Waals surface area contributed by atoms with Gasteiger partial charge in [-0.15, -0.1) is 0 Å². The summed E-state index contributed by atoms with van der Waals surface area (Å²) < 4.78 is 7.25. The number of morpholine rings is 1. The second-order valence-electron chi connectivity index (χ2n) is 7.75. The predicted octanol–water partition coefficient (Wildman–Crippen LogP) is 4.81. The third-order valence-corrected chi connectivity index (χ3v) is 5.47. The van der Waals surface area contributed by atoms with Gasteiger partial charge in [0.1, 0.15) is 5.82 Å². The standard InChI is InChI=1S/C25H26N6O/c1-30-13-11-24(29-30)22-4-2-3-5-23(22)27-20-10-12-26-25(18-20)28-19-6-8-21(9-7-19)31-14-16-32-17-15-31/h2-13,18H,14-17H2,1H3,(H2,26,27,28). The molecule has 1 aliphatic heterocycles. The number of benzene rings is 2. The van der Waals surface area contributed by atoms with E-state index < -0.39 is 0 Å². The molecular weight excluding hydrogens is 400 g/mol. The van der Waals surface area contributed by atoms with Gasteiger partial charge in [0.15, 0.2) is 0 Å². The molecule has 4 aromatic rings. The lowest BCUT2D eigenvalue weighted by Crippen LogP contribution is -2.36. The van der Waals surface area contributed by atoms with E-state index in [1.807, 2.05) is 48.3 Å². The van der Waals surface area contributed by atoms with Gasteiger partial charge in [0.25, 0.3) is 0 Å². The van der Waals surface area contributed by atoms with Crippen molar-refractivity contribution in [3.05, 3.63) is 79.1 Å². The molecule has 7 heteroatoms. The topological polar surface area (TPSA) is 67.2 Å². The molecule has 1 saturated heterocycles. The highest BCUT2D eigenvalue weighted by Gasteiger charge is 2.11. The van der Waals surface area contributed by atoms with E-state index in [0.717, 1.165) is 60.4 Å². The van der Waals surface area contributed by atoms with Crippen molar-refractivity contribution in [3.8, 4) is 11.3 Å². The predicted molar refractivity (Wildman–Crippen MR) is 129 cm³/mol. The van der Waals surface area contributed by atoms with Gasteiger partial charge in [0.2, 0.25) is 0 Å². The molecule has 7 nitrogen and oxygen atoms in total. The zero-order chi connectivity index (χ0) is 21.8. The Hall–Kier alpha value is -3.84. The van der Waals surface area contributed by atoms with Crippen molar-refractivity contribution in [2.75, 3.05) is 41.8 Å². The van der Waals surface area contributed by atoms with Crippen molar-refractivity contribution in [2.45, 2.75) is 0 Å². The normalized spacial score (nSPS) is 13.7. The highest BCUT2D eigenvalue weighted by atomic mass is 16.5. The Bertz CT molecular complexity index is 1180. The summed E-state index contributed by atoms with van der Waals surface area (Å²) in [4.78, 5) is 6.82. The first-order valence-electron chi connectivity index (χ1n) is 10.8. The summed E-state index contributed by atoms with van der Waals surface area (Å²) in [5, 5.41) is 11.4.